The molecule has 1 atom stereocenters. The van der Waals surface area contributed by atoms with Gasteiger partial charge in [-0.05, 0) is 29.0 Å². The first kappa shape index (κ1) is 20.8. The lowest BCUT2D eigenvalue weighted by atomic mass is 9.93. The number of carbonyl (C=O) groups excluding carboxylic acids is 2. The number of thioether (sulfide) groups is 1. The van der Waals surface area contributed by atoms with Gasteiger partial charge in [-0.15, -0.1) is 10.2 Å². The monoisotopic (exact) mass is 458 g/mol. The molecule has 0 radical (unpaired) electrons. The number of hydrogen-bond acceptors (Lipinski definition) is 6. The molecule has 2 aromatic carbocycles. The zero-order valence-electron chi connectivity index (χ0n) is 16.2. The molecule has 1 N–H and O–H groups in total. The SMILES string of the molecule is CCSc1nnc(NC(=O)C2Cc3ccccc3CN2C(=O)c2ccccc2Cl)s1. The van der Waals surface area contributed by atoms with Gasteiger partial charge in [-0.25, -0.2) is 0 Å². The van der Waals surface area contributed by atoms with E-state index in [1.54, 1.807) is 40.9 Å². The number of fused-ring (bicyclic) bond motifs is 1. The van der Waals surface area contributed by atoms with Gasteiger partial charge in [0, 0.05) is 13.0 Å². The molecule has 0 bridgehead atoms. The lowest BCUT2D eigenvalue weighted by molar-refractivity contribution is -0.121. The van der Waals surface area contributed by atoms with Crippen LogP contribution in [0.3, 0.4) is 0 Å². The molecule has 30 heavy (non-hydrogen) atoms. The molecule has 4 rings (SSSR count). The summed E-state index contributed by atoms with van der Waals surface area (Å²) in [5.74, 6) is 0.325. The highest BCUT2D eigenvalue weighted by Gasteiger charge is 2.36. The van der Waals surface area contributed by atoms with Crippen molar-refractivity contribution in [3.8, 4) is 0 Å². The fraction of sp³-hybridized carbons (Fsp3) is 0.238. The average molecular weight is 459 g/mol. The van der Waals surface area contributed by atoms with Crippen LogP contribution in [0.25, 0.3) is 0 Å². The fourth-order valence-electron chi connectivity index (χ4n) is 3.39. The molecule has 6 nitrogen and oxygen atoms in total. The van der Waals surface area contributed by atoms with Crippen LogP contribution in [0.5, 0.6) is 0 Å². The predicted molar refractivity (Wildman–Crippen MR) is 120 cm³/mol. The number of nitrogens with zero attached hydrogens (tertiary/aromatic N) is 3. The predicted octanol–water partition coefficient (Wildman–Crippen LogP) is 4.51. The van der Waals surface area contributed by atoms with Gasteiger partial charge in [0.1, 0.15) is 6.04 Å². The Labute approximate surface area is 187 Å². The molecule has 0 saturated carbocycles. The van der Waals surface area contributed by atoms with Crippen LogP contribution >= 0.6 is 34.7 Å². The third kappa shape index (κ3) is 4.35. The Morgan fingerprint density at radius 1 is 1.17 bits per heavy atom. The standard InChI is InChI=1S/C21H19ClN4O2S2/c1-2-29-21-25-24-20(30-21)23-18(27)17-11-13-7-3-4-8-14(13)12-26(17)19(28)15-9-5-6-10-16(15)22/h3-10,17H,2,11-12H2,1H3,(H,23,24,27). The molecule has 1 aliphatic rings. The summed E-state index contributed by atoms with van der Waals surface area (Å²) in [6.45, 7) is 2.37. The van der Waals surface area contributed by atoms with Crippen LogP contribution in [0.4, 0.5) is 5.13 Å². The molecule has 0 saturated heterocycles. The summed E-state index contributed by atoms with van der Waals surface area (Å²) in [7, 11) is 0. The van der Waals surface area contributed by atoms with E-state index in [2.05, 4.69) is 15.5 Å². The summed E-state index contributed by atoms with van der Waals surface area (Å²) in [5, 5.41) is 11.8. The number of rotatable bonds is 5. The molecular formula is C21H19ClN4O2S2. The van der Waals surface area contributed by atoms with E-state index in [1.807, 2.05) is 31.2 Å². The maximum Gasteiger partial charge on any atom is 0.256 e. The van der Waals surface area contributed by atoms with Crippen molar-refractivity contribution in [1.29, 1.82) is 0 Å². The molecule has 0 spiro atoms. The molecule has 0 fully saturated rings. The minimum atomic E-state index is -0.671. The molecule has 2 amide bonds. The van der Waals surface area contributed by atoms with E-state index in [0.29, 0.717) is 28.7 Å². The van der Waals surface area contributed by atoms with Crippen molar-refractivity contribution in [1.82, 2.24) is 15.1 Å². The molecule has 2 heterocycles. The third-order valence-corrected chi connectivity index (χ3v) is 7.00. The molecule has 3 aromatic rings. The van der Waals surface area contributed by atoms with Crippen molar-refractivity contribution >= 4 is 51.6 Å². The van der Waals surface area contributed by atoms with Crippen LogP contribution in [0.15, 0.2) is 52.9 Å². The van der Waals surface area contributed by atoms with Crippen molar-refractivity contribution in [3.05, 3.63) is 70.2 Å². The van der Waals surface area contributed by atoms with E-state index < -0.39 is 6.04 Å². The first-order valence-corrected chi connectivity index (χ1v) is 11.6. The topological polar surface area (TPSA) is 75.2 Å². The van der Waals surface area contributed by atoms with Crippen LogP contribution in [-0.2, 0) is 17.8 Å². The summed E-state index contributed by atoms with van der Waals surface area (Å²) in [6, 6.07) is 14.1. The van der Waals surface area contributed by atoms with E-state index in [1.165, 1.54) is 11.3 Å². The highest BCUT2D eigenvalue weighted by atomic mass is 35.5. The molecular weight excluding hydrogens is 440 g/mol. The first-order chi connectivity index (χ1) is 14.6. The lowest BCUT2D eigenvalue weighted by Crippen LogP contribution is -2.50. The third-order valence-electron chi connectivity index (χ3n) is 4.82. The Morgan fingerprint density at radius 3 is 2.67 bits per heavy atom. The summed E-state index contributed by atoms with van der Waals surface area (Å²) in [4.78, 5) is 28.1. The summed E-state index contributed by atoms with van der Waals surface area (Å²) in [6.07, 6.45) is 0.424. The molecule has 9 heteroatoms. The summed E-state index contributed by atoms with van der Waals surface area (Å²) >= 11 is 9.16. The molecule has 0 aliphatic carbocycles. The number of carbonyl (C=O) groups is 2. The summed E-state index contributed by atoms with van der Waals surface area (Å²) in [5.41, 5.74) is 2.47. The summed E-state index contributed by atoms with van der Waals surface area (Å²) < 4.78 is 0.797. The van der Waals surface area contributed by atoms with Gasteiger partial charge in [0.15, 0.2) is 4.34 Å². The number of aromatic nitrogens is 2. The number of hydrogen-bond donors (Lipinski definition) is 1. The maximum absolute atomic E-state index is 13.3. The number of nitrogens with one attached hydrogen (secondary N) is 1. The molecule has 154 valence electrons. The Hall–Kier alpha value is -2.42. The Bertz CT molecular complexity index is 1090. The van der Waals surface area contributed by atoms with Gasteiger partial charge < -0.3 is 4.90 Å². The van der Waals surface area contributed by atoms with Gasteiger partial charge >= 0.3 is 0 Å². The number of halogens is 1. The van der Waals surface area contributed by atoms with Gasteiger partial charge in [0.2, 0.25) is 11.0 Å². The van der Waals surface area contributed by atoms with Crippen molar-refractivity contribution in [3.63, 3.8) is 0 Å². The second kappa shape index (κ2) is 9.16. The minimum Gasteiger partial charge on any atom is -0.322 e. The highest BCUT2D eigenvalue weighted by molar-refractivity contribution is 8.01. The van der Waals surface area contributed by atoms with Gasteiger partial charge in [-0.1, -0.05) is 78.0 Å². The van der Waals surface area contributed by atoms with Gasteiger partial charge in [-0.2, -0.15) is 0 Å². The number of benzene rings is 2. The van der Waals surface area contributed by atoms with Gasteiger partial charge in [-0.3, -0.25) is 14.9 Å². The van der Waals surface area contributed by atoms with Crippen molar-refractivity contribution < 1.29 is 9.59 Å². The van der Waals surface area contributed by atoms with Crippen LogP contribution in [-0.4, -0.2) is 38.7 Å². The smallest absolute Gasteiger partial charge is 0.256 e. The van der Waals surface area contributed by atoms with Crippen LogP contribution in [0.1, 0.15) is 28.4 Å². The fourth-order valence-corrected chi connectivity index (χ4v) is 5.26. The van der Waals surface area contributed by atoms with Crippen LogP contribution < -0.4 is 5.32 Å². The highest BCUT2D eigenvalue weighted by Crippen LogP contribution is 2.29. The van der Waals surface area contributed by atoms with E-state index >= 15 is 0 Å². The zero-order chi connectivity index (χ0) is 21.1. The van der Waals surface area contributed by atoms with E-state index in [-0.39, 0.29) is 11.8 Å². The van der Waals surface area contributed by atoms with E-state index in [9.17, 15) is 9.59 Å². The molecule has 1 aromatic heterocycles. The Kier molecular flexibility index (Phi) is 6.36. The average Bonchev–Trinajstić information content (AvgIpc) is 3.19. The lowest BCUT2D eigenvalue weighted by Gasteiger charge is -2.36. The quantitative estimate of drug-likeness (QED) is 0.449. The Morgan fingerprint density at radius 2 is 1.90 bits per heavy atom. The van der Waals surface area contributed by atoms with Gasteiger partial charge in [0.25, 0.3) is 5.91 Å². The van der Waals surface area contributed by atoms with Crippen LogP contribution in [0.2, 0.25) is 5.02 Å². The molecule has 1 aliphatic heterocycles. The van der Waals surface area contributed by atoms with Crippen molar-refractivity contribution in [2.24, 2.45) is 0 Å². The van der Waals surface area contributed by atoms with Crippen molar-refractivity contribution in [2.75, 3.05) is 11.1 Å². The molecule has 1 unspecified atom stereocenters. The first-order valence-electron chi connectivity index (χ1n) is 9.46. The largest absolute Gasteiger partial charge is 0.322 e. The zero-order valence-corrected chi connectivity index (χ0v) is 18.6. The number of anilines is 1. The Balaban J connectivity index is 1.62. The van der Waals surface area contributed by atoms with E-state index in [4.69, 9.17) is 11.6 Å². The van der Waals surface area contributed by atoms with E-state index in [0.717, 1.165) is 21.2 Å². The van der Waals surface area contributed by atoms with Gasteiger partial charge in [0.05, 0.1) is 10.6 Å². The normalized spacial score (nSPS) is 15.5. The minimum absolute atomic E-state index is 0.269. The second-order valence-electron chi connectivity index (χ2n) is 6.70. The number of amides is 2. The second-order valence-corrected chi connectivity index (χ2v) is 9.59. The van der Waals surface area contributed by atoms with Crippen molar-refractivity contribution in [2.45, 2.75) is 30.3 Å². The maximum atomic E-state index is 13.3. The van der Waals surface area contributed by atoms with Crippen LogP contribution in [0, 0.1) is 0 Å².